The zero-order valence-electron chi connectivity index (χ0n) is 14.2. The Labute approximate surface area is 146 Å². The van der Waals surface area contributed by atoms with E-state index in [1.807, 2.05) is 24.3 Å². The summed E-state index contributed by atoms with van der Waals surface area (Å²) >= 11 is 0. The first-order valence-electron chi connectivity index (χ1n) is 7.66. The summed E-state index contributed by atoms with van der Waals surface area (Å²) in [4.78, 5) is 12.2. The van der Waals surface area contributed by atoms with Crippen LogP contribution in [0.2, 0.25) is 0 Å². The average Bonchev–Trinajstić information content (AvgIpc) is 3.02. The molecule has 0 saturated carbocycles. The summed E-state index contributed by atoms with van der Waals surface area (Å²) < 4.78 is 21.1. The quantitative estimate of drug-likeness (QED) is 0.615. The first-order chi connectivity index (χ1) is 12.1. The number of hydrogen-bond donors (Lipinski definition) is 0. The number of carbonyl (C=O) groups excluding carboxylic acids is 1. The molecule has 1 aliphatic rings. The molecule has 0 N–H and O–H groups in total. The first kappa shape index (κ1) is 16.6. The van der Waals surface area contributed by atoms with E-state index in [9.17, 15) is 4.79 Å². The molecule has 2 aromatic rings. The van der Waals surface area contributed by atoms with Crippen LogP contribution in [0.5, 0.6) is 17.2 Å². The molecule has 1 heterocycles. The van der Waals surface area contributed by atoms with Crippen LogP contribution >= 0.6 is 0 Å². The predicted octanol–water partition coefficient (Wildman–Crippen LogP) is 3.69. The van der Waals surface area contributed by atoms with E-state index >= 15 is 0 Å². The fourth-order valence-electron chi connectivity index (χ4n) is 2.50. The van der Waals surface area contributed by atoms with Crippen LogP contribution in [0.15, 0.2) is 54.1 Å². The Bertz CT molecular complexity index is 847. The number of benzene rings is 2. The lowest BCUT2D eigenvalue weighted by atomic mass is 10.1. The van der Waals surface area contributed by atoms with Gasteiger partial charge >= 0.3 is 5.97 Å². The molecule has 3 rings (SSSR count). The molecule has 1 aliphatic heterocycles. The average molecular weight is 338 g/mol. The van der Waals surface area contributed by atoms with Gasteiger partial charge in [0.15, 0.2) is 0 Å². The molecule has 2 aromatic carbocycles. The standard InChI is InChI=1S/C20H18O5/c1-22-15-6-4-13(5-7-15)10-14-11-19(25-20(14)21)17-9-8-16(23-2)12-18(17)24-3/h4-12H,1-3H3/b14-10+. The lowest BCUT2D eigenvalue weighted by Crippen LogP contribution is -1.98. The van der Waals surface area contributed by atoms with Gasteiger partial charge in [-0.25, -0.2) is 4.79 Å². The van der Waals surface area contributed by atoms with Gasteiger partial charge in [-0.05, 0) is 42.0 Å². The molecule has 0 saturated heterocycles. The van der Waals surface area contributed by atoms with Crippen LogP contribution in [-0.2, 0) is 9.53 Å². The van der Waals surface area contributed by atoms with Gasteiger partial charge in [0.2, 0.25) is 0 Å². The summed E-state index contributed by atoms with van der Waals surface area (Å²) in [6, 6.07) is 12.8. The Morgan fingerprint density at radius 2 is 1.56 bits per heavy atom. The number of cyclic esters (lactones) is 1. The van der Waals surface area contributed by atoms with E-state index in [0.29, 0.717) is 28.4 Å². The minimum Gasteiger partial charge on any atom is -0.497 e. The molecule has 128 valence electrons. The highest BCUT2D eigenvalue weighted by Gasteiger charge is 2.24. The maximum atomic E-state index is 12.2. The van der Waals surface area contributed by atoms with Gasteiger partial charge in [0.25, 0.3) is 0 Å². The van der Waals surface area contributed by atoms with Crippen molar-refractivity contribution < 1.29 is 23.7 Å². The number of hydrogen-bond acceptors (Lipinski definition) is 5. The highest BCUT2D eigenvalue weighted by atomic mass is 16.5. The van der Waals surface area contributed by atoms with Crippen molar-refractivity contribution in [2.24, 2.45) is 0 Å². The highest BCUT2D eigenvalue weighted by molar-refractivity contribution is 6.05. The van der Waals surface area contributed by atoms with Gasteiger partial charge in [0.05, 0.1) is 32.5 Å². The number of carbonyl (C=O) groups is 1. The number of ether oxygens (including phenoxy) is 4. The van der Waals surface area contributed by atoms with E-state index in [0.717, 1.165) is 11.3 Å². The zero-order chi connectivity index (χ0) is 17.8. The largest absolute Gasteiger partial charge is 0.497 e. The van der Waals surface area contributed by atoms with Crippen molar-refractivity contribution in [2.45, 2.75) is 0 Å². The minimum atomic E-state index is -0.399. The normalized spacial score (nSPS) is 14.9. The van der Waals surface area contributed by atoms with Gasteiger partial charge in [-0.15, -0.1) is 0 Å². The summed E-state index contributed by atoms with van der Waals surface area (Å²) in [5.41, 5.74) is 2.04. The Morgan fingerprint density at radius 1 is 0.880 bits per heavy atom. The molecule has 0 aliphatic carbocycles. The molecule has 0 amide bonds. The molecule has 25 heavy (non-hydrogen) atoms. The second-order valence-electron chi connectivity index (χ2n) is 5.34. The fraction of sp³-hybridized carbons (Fsp3) is 0.150. The third-order valence-electron chi connectivity index (χ3n) is 3.84. The lowest BCUT2D eigenvalue weighted by Gasteiger charge is -2.10. The molecular weight excluding hydrogens is 320 g/mol. The van der Waals surface area contributed by atoms with E-state index in [4.69, 9.17) is 18.9 Å². The van der Waals surface area contributed by atoms with Crippen molar-refractivity contribution in [3.8, 4) is 17.2 Å². The molecular formula is C20H18O5. The lowest BCUT2D eigenvalue weighted by molar-refractivity contribution is -0.130. The first-order valence-corrected chi connectivity index (χ1v) is 7.66. The third kappa shape index (κ3) is 3.50. The molecule has 0 fully saturated rings. The Morgan fingerprint density at radius 3 is 2.20 bits per heavy atom. The van der Waals surface area contributed by atoms with E-state index in [2.05, 4.69) is 0 Å². The van der Waals surface area contributed by atoms with E-state index in [1.54, 1.807) is 51.7 Å². The van der Waals surface area contributed by atoms with E-state index in [-0.39, 0.29) is 0 Å². The molecule has 5 nitrogen and oxygen atoms in total. The minimum absolute atomic E-state index is 0.399. The number of methoxy groups -OCH3 is 3. The van der Waals surface area contributed by atoms with Crippen molar-refractivity contribution in [3.05, 3.63) is 65.2 Å². The Kier molecular flexibility index (Phi) is 4.75. The third-order valence-corrected chi connectivity index (χ3v) is 3.84. The second kappa shape index (κ2) is 7.13. The highest BCUT2D eigenvalue weighted by Crippen LogP contribution is 2.35. The van der Waals surface area contributed by atoms with Crippen LogP contribution in [0.3, 0.4) is 0 Å². The molecule has 0 unspecified atom stereocenters. The molecule has 0 bridgehead atoms. The zero-order valence-corrected chi connectivity index (χ0v) is 14.2. The molecule has 0 aromatic heterocycles. The van der Waals surface area contributed by atoms with Crippen molar-refractivity contribution >= 4 is 17.8 Å². The molecule has 0 radical (unpaired) electrons. The Hall–Kier alpha value is -3.21. The van der Waals surface area contributed by atoms with Crippen LogP contribution in [0.25, 0.3) is 11.8 Å². The van der Waals surface area contributed by atoms with Crippen molar-refractivity contribution in [2.75, 3.05) is 21.3 Å². The maximum Gasteiger partial charge on any atom is 0.343 e. The summed E-state index contributed by atoms with van der Waals surface area (Å²) in [5, 5.41) is 0. The summed E-state index contributed by atoms with van der Waals surface area (Å²) in [7, 11) is 4.75. The van der Waals surface area contributed by atoms with E-state index < -0.39 is 5.97 Å². The monoisotopic (exact) mass is 338 g/mol. The molecule has 5 heteroatoms. The molecule has 0 spiro atoms. The van der Waals surface area contributed by atoms with Crippen molar-refractivity contribution in [3.63, 3.8) is 0 Å². The number of rotatable bonds is 5. The van der Waals surface area contributed by atoms with Gasteiger partial charge in [0, 0.05) is 6.07 Å². The summed E-state index contributed by atoms with van der Waals surface area (Å²) in [5.74, 6) is 2.05. The van der Waals surface area contributed by atoms with Crippen LogP contribution in [0.4, 0.5) is 0 Å². The topological polar surface area (TPSA) is 54.0 Å². The van der Waals surface area contributed by atoms with Gasteiger partial charge in [-0.2, -0.15) is 0 Å². The fourth-order valence-corrected chi connectivity index (χ4v) is 2.50. The van der Waals surface area contributed by atoms with Crippen LogP contribution in [0.1, 0.15) is 11.1 Å². The van der Waals surface area contributed by atoms with Crippen LogP contribution < -0.4 is 14.2 Å². The SMILES string of the molecule is COc1ccc(/C=C2\C=C(c3ccc(OC)cc3OC)OC2=O)cc1. The maximum absolute atomic E-state index is 12.2. The number of esters is 1. The Balaban J connectivity index is 1.93. The van der Waals surface area contributed by atoms with Gasteiger partial charge < -0.3 is 18.9 Å². The van der Waals surface area contributed by atoms with Crippen molar-refractivity contribution in [1.29, 1.82) is 0 Å². The van der Waals surface area contributed by atoms with Crippen LogP contribution in [-0.4, -0.2) is 27.3 Å². The second-order valence-corrected chi connectivity index (χ2v) is 5.34. The predicted molar refractivity (Wildman–Crippen MR) is 94.6 cm³/mol. The van der Waals surface area contributed by atoms with Crippen LogP contribution in [0, 0.1) is 0 Å². The summed E-state index contributed by atoms with van der Waals surface area (Å²) in [6.07, 6.45) is 3.47. The van der Waals surface area contributed by atoms with Crippen molar-refractivity contribution in [1.82, 2.24) is 0 Å². The summed E-state index contributed by atoms with van der Waals surface area (Å²) in [6.45, 7) is 0. The molecule has 0 atom stereocenters. The van der Waals surface area contributed by atoms with Gasteiger partial charge in [-0.3, -0.25) is 0 Å². The smallest absolute Gasteiger partial charge is 0.343 e. The van der Waals surface area contributed by atoms with Gasteiger partial charge in [-0.1, -0.05) is 12.1 Å². The van der Waals surface area contributed by atoms with Gasteiger partial charge in [0.1, 0.15) is 23.0 Å². The van der Waals surface area contributed by atoms with E-state index in [1.165, 1.54) is 0 Å².